The number of imidazole rings is 1. The van der Waals surface area contributed by atoms with Crippen molar-refractivity contribution in [3.05, 3.63) is 36.3 Å². The molecule has 2 aromatic heterocycles. The molecule has 23 heavy (non-hydrogen) atoms. The van der Waals surface area contributed by atoms with Gasteiger partial charge in [-0.2, -0.15) is 13.2 Å². The highest BCUT2D eigenvalue weighted by molar-refractivity contribution is 14.0. The summed E-state index contributed by atoms with van der Waals surface area (Å²) < 4.78 is 38.1. The van der Waals surface area contributed by atoms with Crippen LogP contribution in [0.15, 0.2) is 35.6 Å². The number of halogens is 4. The van der Waals surface area contributed by atoms with E-state index >= 15 is 0 Å². The molecule has 0 saturated carbocycles. The minimum Gasteiger partial charge on any atom is -0.356 e. The first-order valence-electron chi connectivity index (χ1n) is 6.92. The molecule has 2 rings (SSSR count). The third-order valence-corrected chi connectivity index (χ3v) is 3.01. The second-order valence-electron chi connectivity index (χ2n) is 4.74. The summed E-state index contributed by atoms with van der Waals surface area (Å²) in [6.07, 6.45) is -0.558. The molecule has 2 aromatic rings. The number of aromatic nitrogens is 2. The second-order valence-corrected chi connectivity index (χ2v) is 4.74. The van der Waals surface area contributed by atoms with Gasteiger partial charge in [0.05, 0.1) is 12.1 Å². The lowest BCUT2D eigenvalue weighted by molar-refractivity contribution is -0.132. The molecule has 0 aliphatic carbocycles. The van der Waals surface area contributed by atoms with Crippen molar-refractivity contribution in [1.82, 2.24) is 20.0 Å². The van der Waals surface area contributed by atoms with Gasteiger partial charge in [0, 0.05) is 39.0 Å². The highest BCUT2D eigenvalue weighted by atomic mass is 127. The molecule has 2 heterocycles. The maximum atomic E-state index is 12.1. The highest BCUT2D eigenvalue weighted by Gasteiger charge is 2.26. The van der Waals surface area contributed by atoms with E-state index < -0.39 is 12.6 Å². The number of guanidine groups is 1. The Labute approximate surface area is 149 Å². The van der Waals surface area contributed by atoms with E-state index in [1.807, 2.05) is 35.0 Å². The van der Waals surface area contributed by atoms with Crippen LogP contribution in [0.1, 0.15) is 12.1 Å². The van der Waals surface area contributed by atoms with Gasteiger partial charge in [0.2, 0.25) is 0 Å². The molecular formula is C14H19F3IN5. The summed E-state index contributed by atoms with van der Waals surface area (Å²) in [5, 5.41) is 5.60. The zero-order valence-electron chi connectivity index (χ0n) is 12.6. The molecule has 0 fully saturated rings. The highest BCUT2D eigenvalue weighted by Crippen LogP contribution is 2.17. The number of fused-ring (bicyclic) bond motifs is 1. The van der Waals surface area contributed by atoms with E-state index in [4.69, 9.17) is 0 Å². The fraction of sp³-hybridized carbons (Fsp3) is 0.429. The summed E-state index contributed by atoms with van der Waals surface area (Å²) >= 11 is 0. The summed E-state index contributed by atoms with van der Waals surface area (Å²) in [4.78, 5) is 8.33. The Kier molecular flexibility index (Phi) is 7.59. The molecule has 0 spiro atoms. The van der Waals surface area contributed by atoms with Crippen molar-refractivity contribution in [2.45, 2.75) is 19.0 Å². The zero-order chi connectivity index (χ0) is 16.0. The monoisotopic (exact) mass is 441 g/mol. The van der Waals surface area contributed by atoms with Gasteiger partial charge in [0.25, 0.3) is 0 Å². The number of alkyl halides is 3. The molecule has 0 amide bonds. The standard InChI is InChI=1S/C14H18F3N5.HI/c1-18-13(20-8-6-14(15,16)17)19-7-5-11-10-22-9-3-2-4-12(22)21-11;/h2-4,9-10H,5-8H2,1H3,(H2,18,19,20);1H. The first-order chi connectivity index (χ1) is 10.5. The van der Waals surface area contributed by atoms with Crippen LogP contribution in [0, 0.1) is 0 Å². The van der Waals surface area contributed by atoms with Crippen molar-refractivity contribution in [3.8, 4) is 0 Å². The summed E-state index contributed by atoms with van der Waals surface area (Å²) in [5.74, 6) is 0.355. The van der Waals surface area contributed by atoms with Crippen LogP contribution in [0.5, 0.6) is 0 Å². The number of hydrogen-bond donors (Lipinski definition) is 2. The van der Waals surface area contributed by atoms with Crippen molar-refractivity contribution in [2.75, 3.05) is 20.1 Å². The number of nitrogens with one attached hydrogen (secondary N) is 2. The van der Waals surface area contributed by atoms with Gasteiger partial charge >= 0.3 is 6.18 Å². The summed E-state index contributed by atoms with van der Waals surface area (Å²) in [6.45, 7) is 0.340. The Morgan fingerprint density at radius 1 is 1.26 bits per heavy atom. The number of rotatable bonds is 5. The van der Waals surface area contributed by atoms with Gasteiger partial charge < -0.3 is 15.0 Å². The van der Waals surface area contributed by atoms with Crippen LogP contribution in [-0.2, 0) is 6.42 Å². The predicted molar refractivity (Wildman–Crippen MR) is 94.3 cm³/mol. The summed E-state index contributed by atoms with van der Waals surface area (Å²) in [7, 11) is 1.52. The Balaban J connectivity index is 0.00000264. The van der Waals surface area contributed by atoms with Crippen molar-refractivity contribution in [2.24, 2.45) is 4.99 Å². The Bertz CT molecular complexity index is 606. The van der Waals surface area contributed by atoms with Crippen LogP contribution < -0.4 is 10.6 Å². The maximum Gasteiger partial charge on any atom is 0.390 e. The molecule has 0 saturated heterocycles. The minimum absolute atomic E-state index is 0. The van der Waals surface area contributed by atoms with Crippen molar-refractivity contribution < 1.29 is 13.2 Å². The van der Waals surface area contributed by atoms with Crippen molar-refractivity contribution >= 4 is 35.6 Å². The fourth-order valence-electron chi connectivity index (χ4n) is 1.96. The van der Waals surface area contributed by atoms with Crippen LogP contribution in [0.3, 0.4) is 0 Å². The third kappa shape index (κ3) is 6.63. The molecule has 0 bridgehead atoms. The number of nitrogens with zero attached hydrogens (tertiary/aromatic N) is 3. The lowest BCUT2D eigenvalue weighted by Crippen LogP contribution is -2.39. The lowest BCUT2D eigenvalue weighted by Gasteiger charge is -2.12. The van der Waals surface area contributed by atoms with Gasteiger partial charge in [0.15, 0.2) is 5.96 Å². The first-order valence-corrected chi connectivity index (χ1v) is 6.92. The van der Waals surface area contributed by atoms with Gasteiger partial charge in [-0.1, -0.05) is 6.07 Å². The van der Waals surface area contributed by atoms with E-state index in [9.17, 15) is 13.2 Å². The zero-order valence-corrected chi connectivity index (χ0v) is 14.9. The van der Waals surface area contributed by atoms with Crippen LogP contribution in [0.2, 0.25) is 0 Å². The van der Waals surface area contributed by atoms with Crippen LogP contribution in [0.4, 0.5) is 13.2 Å². The molecule has 128 valence electrons. The van der Waals surface area contributed by atoms with Gasteiger partial charge in [0.1, 0.15) is 5.65 Å². The fourth-order valence-corrected chi connectivity index (χ4v) is 1.96. The van der Waals surface area contributed by atoms with Crippen LogP contribution in [-0.4, -0.2) is 41.7 Å². The van der Waals surface area contributed by atoms with Crippen LogP contribution in [0.25, 0.3) is 5.65 Å². The molecular weight excluding hydrogens is 422 g/mol. The summed E-state index contributed by atoms with van der Waals surface area (Å²) in [5.41, 5.74) is 1.77. The number of pyridine rings is 1. The molecule has 9 heteroatoms. The molecule has 0 unspecified atom stereocenters. The Morgan fingerprint density at radius 2 is 2.00 bits per heavy atom. The molecule has 0 atom stereocenters. The molecule has 0 aromatic carbocycles. The average molecular weight is 441 g/mol. The Hall–Kier alpha value is -1.52. The summed E-state index contributed by atoms with van der Waals surface area (Å²) in [6, 6.07) is 5.74. The van der Waals surface area contributed by atoms with Gasteiger partial charge in [-0.15, -0.1) is 24.0 Å². The topological polar surface area (TPSA) is 53.7 Å². The molecule has 5 nitrogen and oxygen atoms in total. The molecule has 0 radical (unpaired) electrons. The lowest BCUT2D eigenvalue weighted by atomic mass is 10.3. The SMILES string of the molecule is CN=C(NCCc1cn2ccccc2n1)NCCC(F)(F)F.I. The van der Waals surface area contributed by atoms with Gasteiger partial charge in [-0.25, -0.2) is 4.98 Å². The molecule has 0 aliphatic rings. The maximum absolute atomic E-state index is 12.1. The van der Waals surface area contributed by atoms with Gasteiger partial charge in [-0.05, 0) is 12.1 Å². The number of aliphatic imine (C=N–C) groups is 1. The Morgan fingerprint density at radius 3 is 2.65 bits per heavy atom. The molecule has 2 N–H and O–H groups in total. The van der Waals surface area contributed by atoms with E-state index in [1.54, 1.807) is 0 Å². The largest absolute Gasteiger partial charge is 0.390 e. The molecule has 0 aliphatic heterocycles. The van der Waals surface area contributed by atoms with E-state index in [0.29, 0.717) is 18.9 Å². The first kappa shape index (κ1) is 19.5. The van der Waals surface area contributed by atoms with E-state index in [0.717, 1.165) is 11.3 Å². The van der Waals surface area contributed by atoms with Crippen molar-refractivity contribution in [3.63, 3.8) is 0 Å². The van der Waals surface area contributed by atoms with E-state index in [-0.39, 0.29) is 30.5 Å². The minimum atomic E-state index is -4.16. The van der Waals surface area contributed by atoms with Gasteiger partial charge in [-0.3, -0.25) is 4.99 Å². The average Bonchev–Trinajstić information content (AvgIpc) is 2.87. The quantitative estimate of drug-likeness (QED) is 0.426. The third-order valence-electron chi connectivity index (χ3n) is 3.01. The normalized spacial score (nSPS) is 12.1. The smallest absolute Gasteiger partial charge is 0.356 e. The second kappa shape index (κ2) is 8.94. The van der Waals surface area contributed by atoms with E-state index in [2.05, 4.69) is 20.6 Å². The predicted octanol–water partition coefficient (Wildman–Crippen LogP) is 2.61. The van der Waals surface area contributed by atoms with E-state index in [1.165, 1.54) is 7.05 Å². The van der Waals surface area contributed by atoms with Crippen LogP contribution >= 0.6 is 24.0 Å². The number of hydrogen-bond acceptors (Lipinski definition) is 2. The van der Waals surface area contributed by atoms with Crippen molar-refractivity contribution in [1.29, 1.82) is 0 Å².